The van der Waals surface area contributed by atoms with Crippen LogP contribution in [0, 0.1) is 19.8 Å². The van der Waals surface area contributed by atoms with E-state index in [-0.39, 0.29) is 12.4 Å². The van der Waals surface area contributed by atoms with Gasteiger partial charge in [-0.1, -0.05) is 13.0 Å². The van der Waals surface area contributed by atoms with Gasteiger partial charge in [0.05, 0.1) is 19.3 Å². The summed E-state index contributed by atoms with van der Waals surface area (Å²) in [7, 11) is 0. The van der Waals surface area contributed by atoms with Gasteiger partial charge >= 0.3 is 0 Å². The number of ketones is 1. The van der Waals surface area contributed by atoms with Gasteiger partial charge in [-0.05, 0) is 42.5 Å². The maximum atomic E-state index is 12.5. The lowest BCUT2D eigenvalue weighted by Crippen LogP contribution is -2.59. The first-order chi connectivity index (χ1) is 13.2. The largest absolute Gasteiger partial charge is 0.394 e. The third-order valence-corrected chi connectivity index (χ3v) is 5.90. The summed E-state index contributed by atoms with van der Waals surface area (Å²) in [6.07, 6.45) is -6.93. The lowest BCUT2D eigenvalue weighted by atomic mass is 9.92. The minimum absolute atomic E-state index is 0.0731. The highest BCUT2D eigenvalue weighted by atomic mass is 16.7. The highest BCUT2D eigenvalue weighted by Gasteiger charge is 2.44. The molecule has 1 heterocycles. The number of aliphatic hydroxyl groups excluding tert-OH is 5. The molecule has 8 heteroatoms. The number of ether oxygens (including phenoxy) is 2. The van der Waals surface area contributed by atoms with Gasteiger partial charge < -0.3 is 35.0 Å². The van der Waals surface area contributed by atoms with Crippen LogP contribution in [-0.4, -0.2) is 75.2 Å². The zero-order valence-corrected chi connectivity index (χ0v) is 16.2. The molecule has 2 aliphatic rings. The van der Waals surface area contributed by atoms with Gasteiger partial charge in [0.25, 0.3) is 0 Å². The monoisotopic (exact) mass is 396 g/mol. The molecule has 1 saturated heterocycles. The smallest absolute Gasteiger partial charge is 0.186 e. The maximum Gasteiger partial charge on any atom is 0.186 e. The van der Waals surface area contributed by atoms with Gasteiger partial charge in [0.15, 0.2) is 12.1 Å². The normalized spacial score (nSPS) is 35.3. The third-order valence-electron chi connectivity index (χ3n) is 5.90. The molecule has 1 aromatic carbocycles. The van der Waals surface area contributed by atoms with Crippen molar-refractivity contribution < 1.29 is 39.8 Å². The summed E-state index contributed by atoms with van der Waals surface area (Å²) in [6.45, 7) is 5.07. The zero-order chi connectivity index (χ0) is 20.7. The van der Waals surface area contributed by atoms with E-state index in [1.54, 1.807) is 6.92 Å². The zero-order valence-electron chi connectivity index (χ0n) is 16.2. The molecule has 28 heavy (non-hydrogen) atoms. The molecule has 8 nitrogen and oxygen atoms in total. The van der Waals surface area contributed by atoms with E-state index in [2.05, 4.69) is 0 Å². The number of carbonyl (C=O) groups is 1. The first-order valence-corrected chi connectivity index (χ1v) is 9.46. The highest BCUT2D eigenvalue weighted by molar-refractivity contribution is 6.04. The minimum atomic E-state index is -1.49. The van der Waals surface area contributed by atoms with Crippen LogP contribution in [0.4, 0.5) is 0 Å². The van der Waals surface area contributed by atoms with E-state index in [4.69, 9.17) is 9.47 Å². The molecule has 1 aromatic rings. The summed E-state index contributed by atoms with van der Waals surface area (Å²) in [6, 6.07) is 1.83. The molecule has 1 aliphatic carbocycles. The Balaban J connectivity index is 1.72. The van der Waals surface area contributed by atoms with Gasteiger partial charge in [-0.15, -0.1) is 0 Å². The molecule has 0 spiro atoms. The first-order valence-electron chi connectivity index (χ1n) is 9.46. The highest BCUT2D eigenvalue weighted by Crippen LogP contribution is 2.39. The second-order valence-corrected chi connectivity index (χ2v) is 7.68. The Labute approximate surface area is 163 Å². The number of hydrogen-bond acceptors (Lipinski definition) is 8. The number of carbonyl (C=O) groups excluding carboxylic acids is 1. The Morgan fingerprint density at radius 1 is 1.11 bits per heavy atom. The van der Waals surface area contributed by atoms with Crippen molar-refractivity contribution in [2.24, 2.45) is 5.92 Å². The standard InChI is InChI=1S/C20H28O8/c1-8-6-12-14(16(23)10(3)15(12)22)9(2)11(8)4-5-27-20-19(26)18(25)17(24)13(7-21)28-20/h6,10,13,15,17-22,24-26H,4-5,7H2,1-3H3/t10-,13-,15+,17-,18+,19-,20+/m1/s1. The molecule has 0 unspecified atom stereocenters. The van der Waals surface area contributed by atoms with E-state index < -0.39 is 49.3 Å². The van der Waals surface area contributed by atoms with Crippen LogP contribution < -0.4 is 0 Å². The van der Waals surface area contributed by atoms with Gasteiger partial charge in [0.1, 0.15) is 24.4 Å². The molecule has 0 aromatic heterocycles. The van der Waals surface area contributed by atoms with Crippen LogP contribution in [0.5, 0.6) is 0 Å². The minimum Gasteiger partial charge on any atom is -0.394 e. The number of hydrogen-bond donors (Lipinski definition) is 5. The Hall–Kier alpha value is -1.39. The lowest BCUT2D eigenvalue weighted by molar-refractivity contribution is -0.300. The number of aryl methyl sites for hydroxylation is 1. The van der Waals surface area contributed by atoms with Crippen molar-refractivity contribution in [3.8, 4) is 0 Å². The molecule has 1 aliphatic heterocycles. The van der Waals surface area contributed by atoms with Crippen LogP contribution in [0.15, 0.2) is 6.07 Å². The second kappa shape index (κ2) is 8.16. The number of benzene rings is 1. The molecule has 7 atom stereocenters. The summed E-state index contributed by atoms with van der Waals surface area (Å²) < 4.78 is 10.9. The van der Waals surface area contributed by atoms with E-state index in [1.165, 1.54) is 0 Å². The average Bonchev–Trinajstić information content (AvgIpc) is 2.88. The molecule has 0 bridgehead atoms. The fraction of sp³-hybridized carbons (Fsp3) is 0.650. The molecule has 0 amide bonds. The second-order valence-electron chi connectivity index (χ2n) is 7.68. The third kappa shape index (κ3) is 3.50. The Morgan fingerprint density at radius 2 is 1.79 bits per heavy atom. The predicted molar refractivity (Wildman–Crippen MR) is 97.8 cm³/mol. The molecule has 5 N–H and O–H groups in total. The van der Waals surface area contributed by atoms with Gasteiger partial charge in [0, 0.05) is 11.5 Å². The van der Waals surface area contributed by atoms with E-state index in [1.807, 2.05) is 19.9 Å². The molecule has 0 radical (unpaired) electrons. The number of rotatable bonds is 5. The van der Waals surface area contributed by atoms with E-state index in [0.29, 0.717) is 17.5 Å². The molecule has 1 fully saturated rings. The summed E-state index contributed by atoms with van der Waals surface area (Å²) in [5.41, 5.74) is 3.87. The fourth-order valence-corrected chi connectivity index (χ4v) is 4.12. The van der Waals surface area contributed by atoms with Crippen molar-refractivity contribution in [2.45, 2.75) is 64.0 Å². The molecular weight excluding hydrogens is 368 g/mol. The van der Waals surface area contributed by atoms with E-state index >= 15 is 0 Å². The number of fused-ring (bicyclic) bond motifs is 1. The average molecular weight is 396 g/mol. The van der Waals surface area contributed by atoms with Crippen molar-refractivity contribution in [2.75, 3.05) is 13.2 Å². The van der Waals surface area contributed by atoms with Crippen molar-refractivity contribution in [3.05, 3.63) is 33.9 Å². The van der Waals surface area contributed by atoms with Crippen molar-refractivity contribution in [1.82, 2.24) is 0 Å². The topological polar surface area (TPSA) is 137 Å². The fourth-order valence-electron chi connectivity index (χ4n) is 4.12. The van der Waals surface area contributed by atoms with Crippen LogP contribution in [0.2, 0.25) is 0 Å². The summed E-state index contributed by atoms with van der Waals surface area (Å²) in [5.74, 6) is -0.537. The van der Waals surface area contributed by atoms with Crippen LogP contribution in [-0.2, 0) is 15.9 Å². The van der Waals surface area contributed by atoms with Gasteiger partial charge in [-0.25, -0.2) is 0 Å². The Kier molecular flexibility index (Phi) is 6.21. The number of Topliss-reactive ketones (excluding diaryl/α,β-unsaturated/α-hetero) is 1. The molecular formula is C20H28O8. The predicted octanol–water partition coefficient (Wildman–Crippen LogP) is -0.472. The van der Waals surface area contributed by atoms with Crippen LogP contribution in [0.25, 0.3) is 0 Å². The quantitative estimate of drug-likeness (QED) is 0.451. The SMILES string of the molecule is Cc1cc2c(c(C)c1CCO[C@H]1O[C@H](CO)[C@@H](O)[C@H](O)[C@H]1O)C(=O)[C@H](C)[C@@H]2O. The van der Waals surface area contributed by atoms with E-state index in [0.717, 1.165) is 16.7 Å². The number of aliphatic hydroxyl groups is 5. The van der Waals surface area contributed by atoms with Crippen LogP contribution in [0.3, 0.4) is 0 Å². The summed E-state index contributed by atoms with van der Waals surface area (Å²) >= 11 is 0. The molecule has 3 rings (SSSR count). The molecule has 156 valence electrons. The van der Waals surface area contributed by atoms with Crippen molar-refractivity contribution in [1.29, 1.82) is 0 Å². The van der Waals surface area contributed by atoms with Gasteiger partial charge in [-0.2, -0.15) is 0 Å². The molecule has 0 saturated carbocycles. The summed E-state index contributed by atoms with van der Waals surface area (Å²) in [5, 5.41) is 49.2. The Morgan fingerprint density at radius 3 is 2.43 bits per heavy atom. The van der Waals surface area contributed by atoms with Crippen LogP contribution in [0.1, 0.15) is 45.6 Å². The van der Waals surface area contributed by atoms with Gasteiger partial charge in [-0.3, -0.25) is 4.79 Å². The lowest BCUT2D eigenvalue weighted by Gasteiger charge is -2.39. The Bertz CT molecular complexity index is 746. The van der Waals surface area contributed by atoms with Crippen molar-refractivity contribution in [3.63, 3.8) is 0 Å². The van der Waals surface area contributed by atoms with Crippen molar-refractivity contribution >= 4 is 5.78 Å². The van der Waals surface area contributed by atoms with Gasteiger partial charge in [0.2, 0.25) is 0 Å². The maximum absolute atomic E-state index is 12.5. The first kappa shape index (κ1) is 21.3. The summed E-state index contributed by atoms with van der Waals surface area (Å²) in [4.78, 5) is 12.5. The van der Waals surface area contributed by atoms with Crippen LogP contribution >= 0.6 is 0 Å². The van der Waals surface area contributed by atoms with E-state index in [9.17, 15) is 30.3 Å².